The van der Waals surface area contributed by atoms with Crippen molar-refractivity contribution >= 4 is 11.8 Å². The molecule has 1 fully saturated rings. The van der Waals surface area contributed by atoms with E-state index < -0.39 is 0 Å². The highest BCUT2D eigenvalue weighted by atomic mass is 32.2. The summed E-state index contributed by atoms with van der Waals surface area (Å²) in [5.41, 5.74) is 0. The van der Waals surface area contributed by atoms with E-state index in [1.807, 2.05) is 7.05 Å². The zero-order valence-electron chi connectivity index (χ0n) is 8.10. The van der Waals surface area contributed by atoms with Crippen LogP contribution in [-0.4, -0.2) is 25.3 Å². The summed E-state index contributed by atoms with van der Waals surface area (Å²) in [4.78, 5) is 4.16. The van der Waals surface area contributed by atoms with E-state index in [2.05, 4.69) is 16.2 Å². The van der Waals surface area contributed by atoms with Crippen molar-refractivity contribution in [3.63, 3.8) is 0 Å². The van der Waals surface area contributed by atoms with Gasteiger partial charge in [0.05, 0.1) is 6.07 Å². The quantitative estimate of drug-likeness (QED) is 0.731. The van der Waals surface area contributed by atoms with Crippen molar-refractivity contribution in [3.8, 4) is 6.07 Å². The summed E-state index contributed by atoms with van der Waals surface area (Å²) < 4.78 is 1.50. The van der Waals surface area contributed by atoms with Crippen LogP contribution in [0.3, 0.4) is 0 Å². The van der Waals surface area contributed by atoms with Crippen LogP contribution in [0.1, 0.15) is 18.7 Å². The molecule has 0 N–H and O–H groups in total. The highest BCUT2D eigenvalue weighted by molar-refractivity contribution is 8.01. The average molecular weight is 208 g/mol. The highest BCUT2D eigenvalue weighted by Gasteiger charge is 2.36. The Hall–Kier alpha value is -1.02. The molecule has 1 saturated heterocycles. The van der Waals surface area contributed by atoms with Gasteiger partial charge in [-0.15, -0.1) is 11.8 Å². The third-order valence-corrected chi connectivity index (χ3v) is 4.04. The molecule has 1 atom stereocenters. The fourth-order valence-electron chi connectivity index (χ4n) is 1.70. The lowest BCUT2D eigenvalue weighted by Gasteiger charge is -2.17. The van der Waals surface area contributed by atoms with Crippen LogP contribution in [0.2, 0.25) is 0 Å². The second-order valence-electron chi connectivity index (χ2n) is 3.53. The van der Waals surface area contributed by atoms with Crippen molar-refractivity contribution in [1.29, 1.82) is 5.26 Å². The predicted octanol–water partition coefficient (Wildman–Crippen LogP) is 1.15. The van der Waals surface area contributed by atoms with E-state index in [0.717, 1.165) is 24.4 Å². The molecule has 1 aliphatic rings. The van der Waals surface area contributed by atoms with Gasteiger partial charge in [-0.25, -0.2) is 4.98 Å². The molecule has 0 amide bonds. The summed E-state index contributed by atoms with van der Waals surface area (Å²) >= 11 is 1.75. The summed E-state index contributed by atoms with van der Waals surface area (Å²) in [6.07, 6.45) is 4.36. The fraction of sp³-hybridized carbons (Fsp3) is 0.667. The Labute approximate surface area is 87.3 Å². The molecule has 1 aromatic heterocycles. The number of rotatable bonds is 2. The Morgan fingerprint density at radius 1 is 1.79 bits per heavy atom. The fourth-order valence-corrected chi connectivity index (χ4v) is 2.96. The van der Waals surface area contributed by atoms with Gasteiger partial charge in [0.2, 0.25) is 0 Å². The minimum absolute atomic E-state index is 0.249. The van der Waals surface area contributed by atoms with Gasteiger partial charge in [0.15, 0.2) is 0 Å². The van der Waals surface area contributed by atoms with Gasteiger partial charge in [-0.1, -0.05) is 0 Å². The van der Waals surface area contributed by atoms with E-state index in [0.29, 0.717) is 6.42 Å². The summed E-state index contributed by atoms with van der Waals surface area (Å²) in [5, 5.41) is 13.2. The predicted molar refractivity (Wildman–Crippen MR) is 54.7 cm³/mol. The van der Waals surface area contributed by atoms with E-state index in [1.165, 1.54) is 0 Å². The topological polar surface area (TPSA) is 54.5 Å². The van der Waals surface area contributed by atoms with E-state index in [-0.39, 0.29) is 4.75 Å². The van der Waals surface area contributed by atoms with Crippen molar-refractivity contribution in [2.24, 2.45) is 7.05 Å². The molecule has 14 heavy (non-hydrogen) atoms. The van der Waals surface area contributed by atoms with E-state index in [4.69, 9.17) is 0 Å². The lowest BCUT2D eigenvalue weighted by atomic mass is 10.0. The van der Waals surface area contributed by atoms with Crippen molar-refractivity contribution < 1.29 is 0 Å². The van der Waals surface area contributed by atoms with Gasteiger partial charge in [-0.2, -0.15) is 10.4 Å². The Morgan fingerprint density at radius 2 is 2.64 bits per heavy atom. The van der Waals surface area contributed by atoms with Gasteiger partial charge >= 0.3 is 0 Å². The Kier molecular flexibility index (Phi) is 2.46. The summed E-state index contributed by atoms with van der Waals surface area (Å²) in [6.45, 7) is 0. The molecule has 5 heteroatoms. The highest BCUT2D eigenvalue weighted by Crippen LogP contribution is 2.39. The number of aryl methyl sites for hydroxylation is 1. The first-order valence-corrected chi connectivity index (χ1v) is 5.62. The number of hydrogen-bond acceptors (Lipinski definition) is 4. The molecular formula is C9H12N4S. The largest absolute Gasteiger partial charge is 0.253 e. The minimum Gasteiger partial charge on any atom is -0.253 e. The maximum atomic E-state index is 9.18. The number of nitriles is 1. The lowest BCUT2D eigenvalue weighted by molar-refractivity contribution is 0.611. The smallest absolute Gasteiger partial charge is 0.138 e. The third-order valence-electron chi connectivity index (χ3n) is 2.56. The van der Waals surface area contributed by atoms with Crippen LogP contribution >= 0.6 is 11.8 Å². The Morgan fingerprint density at radius 3 is 3.14 bits per heavy atom. The van der Waals surface area contributed by atoms with Crippen molar-refractivity contribution in [1.82, 2.24) is 14.8 Å². The zero-order valence-corrected chi connectivity index (χ0v) is 8.92. The molecule has 1 aliphatic heterocycles. The normalized spacial score (nSPS) is 26.3. The minimum atomic E-state index is -0.249. The van der Waals surface area contributed by atoms with Gasteiger partial charge < -0.3 is 0 Å². The maximum absolute atomic E-state index is 9.18. The van der Waals surface area contributed by atoms with Crippen molar-refractivity contribution in [2.75, 3.05) is 5.75 Å². The number of thioether (sulfide) groups is 1. The molecule has 2 heterocycles. The monoisotopic (exact) mass is 208 g/mol. The Balaban J connectivity index is 2.17. The molecule has 0 aromatic carbocycles. The second-order valence-corrected chi connectivity index (χ2v) is 5.01. The Bertz CT molecular complexity index is 359. The van der Waals surface area contributed by atoms with E-state index in [1.54, 1.807) is 22.8 Å². The molecule has 0 radical (unpaired) electrons. The summed E-state index contributed by atoms with van der Waals surface area (Å²) in [6, 6.07) is 2.42. The molecule has 1 aromatic rings. The molecule has 0 spiro atoms. The molecule has 1 unspecified atom stereocenters. The number of hydrogen-bond donors (Lipinski definition) is 0. The standard InChI is InChI=1S/C9H12N4S/c1-13-8(11-7-12-13)5-9(6-10)3-2-4-14-9/h7H,2-5H2,1H3. The van der Waals surface area contributed by atoms with Gasteiger partial charge in [0, 0.05) is 13.5 Å². The maximum Gasteiger partial charge on any atom is 0.138 e. The molecule has 0 saturated carbocycles. The van der Waals surface area contributed by atoms with Crippen molar-refractivity contribution in [3.05, 3.63) is 12.2 Å². The van der Waals surface area contributed by atoms with Crippen LogP contribution < -0.4 is 0 Å². The first-order valence-electron chi connectivity index (χ1n) is 4.64. The van der Waals surface area contributed by atoms with Gasteiger partial charge in [-0.05, 0) is 18.6 Å². The average Bonchev–Trinajstić information content (AvgIpc) is 2.79. The molecule has 2 rings (SSSR count). The van der Waals surface area contributed by atoms with Crippen LogP contribution in [0.5, 0.6) is 0 Å². The van der Waals surface area contributed by atoms with Crippen LogP contribution in [0, 0.1) is 11.3 Å². The van der Waals surface area contributed by atoms with Crippen LogP contribution in [-0.2, 0) is 13.5 Å². The SMILES string of the molecule is Cn1ncnc1CC1(C#N)CCCS1. The van der Waals surface area contributed by atoms with Crippen LogP contribution in [0.15, 0.2) is 6.33 Å². The zero-order chi connectivity index (χ0) is 10.0. The molecule has 74 valence electrons. The molecule has 0 aliphatic carbocycles. The lowest BCUT2D eigenvalue weighted by Crippen LogP contribution is -2.23. The first kappa shape index (κ1) is 9.53. The molecule has 4 nitrogen and oxygen atoms in total. The van der Waals surface area contributed by atoms with Crippen LogP contribution in [0.25, 0.3) is 0 Å². The van der Waals surface area contributed by atoms with Crippen LogP contribution in [0.4, 0.5) is 0 Å². The van der Waals surface area contributed by atoms with Gasteiger partial charge in [0.25, 0.3) is 0 Å². The third kappa shape index (κ3) is 1.62. The van der Waals surface area contributed by atoms with Gasteiger partial charge in [0.1, 0.15) is 16.9 Å². The first-order chi connectivity index (χ1) is 6.76. The second kappa shape index (κ2) is 3.62. The molecule has 0 bridgehead atoms. The summed E-state index contributed by atoms with van der Waals surface area (Å²) in [7, 11) is 1.87. The van der Waals surface area contributed by atoms with E-state index >= 15 is 0 Å². The van der Waals surface area contributed by atoms with Crippen molar-refractivity contribution in [2.45, 2.75) is 24.0 Å². The number of aromatic nitrogens is 3. The van der Waals surface area contributed by atoms with E-state index in [9.17, 15) is 5.26 Å². The molecular weight excluding hydrogens is 196 g/mol. The summed E-state index contributed by atoms with van der Waals surface area (Å²) in [5.74, 6) is 1.99. The number of nitrogens with zero attached hydrogens (tertiary/aromatic N) is 4. The van der Waals surface area contributed by atoms with Gasteiger partial charge in [-0.3, -0.25) is 4.68 Å².